The van der Waals surface area contributed by atoms with E-state index < -0.39 is 0 Å². The highest BCUT2D eigenvalue weighted by Gasteiger charge is 2.09. The summed E-state index contributed by atoms with van der Waals surface area (Å²) in [6.45, 7) is 2.00. The van der Waals surface area contributed by atoms with E-state index in [0.29, 0.717) is 11.4 Å². The standard InChI is InChI=1S/C24H18F2N4/c1-16-4-2-3-5-19(16)15-27-30-24-28-22(17-6-10-20(25)11-7-17)14-23(29-24)18-8-12-21(26)13-9-18/h2-15H,1H3,(H,28,29,30)/b27-15+. The molecule has 0 atom stereocenters. The number of nitrogens with one attached hydrogen (secondary N) is 1. The average Bonchev–Trinajstić information content (AvgIpc) is 2.76. The predicted molar refractivity (Wildman–Crippen MR) is 115 cm³/mol. The molecule has 6 heteroatoms. The lowest BCUT2D eigenvalue weighted by Gasteiger charge is -2.08. The number of halogens is 2. The van der Waals surface area contributed by atoms with Crippen LogP contribution in [0.4, 0.5) is 14.7 Å². The summed E-state index contributed by atoms with van der Waals surface area (Å²) in [5, 5.41) is 4.25. The van der Waals surface area contributed by atoms with Gasteiger partial charge in [0, 0.05) is 11.1 Å². The van der Waals surface area contributed by atoms with Gasteiger partial charge in [0.15, 0.2) is 0 Å². The normalized spacial score (nSPS) is 11.0. The van der Waals surface area contributed by atoms with Crippen LogP contribution >= 0.6 is 0 Å². The number of benzene rings is 3. The van der Waals surface area contributed by atoms with Crippen molar-refractivity contribution in [2.75, 3.05) is 5.43 Å². The SMILES string of the molecule is Cc1ccccc1/C=N/Nc1nc(-c2ccc(F)cc2)cc(-c2ccc(F)cc2)n1. The fraction of sp³-hybridized carbons (Fsp3) is 0.0417. The molecule has 0 unspecified atom stereocenters. The van der Waals surface area contributed by atoms with Gasteiger partial charge in [0.05, 0.1) is 17.6 Å². The largest absolute Gasteiger partial charge is 0.245 e. The van der Waals surface area contributed by atoms with Crippen LogP contribution in [0, 0.1) is 18.6 Å². The lowest BCUT2D eigenvalue weighted by atomic mass is 10.1. The summed E-state index contributed by atoms with van der Waals surface area (Å²) in [6, 6.07) is 21.7. The van der Waals surface area contributed by atoms with Gasteiger partial charge in [0.25, 0.3) is 0 Å². The minimum Gasteiger partial charge on any atom is -0.245 e. The van der Waals surface area contributed by atoms with Crippen molar-refractivity contribution in [1.82, 2.24) is 9.97 Å². The van der Waals surface area contributed by atoms with E-state index in [2.05, 4.69) is 20.5 Å². The van der Waals surface area contributed by atoms with Crippen molar-refractivity contribution >= 4 is 12.2 Å². The maximum Gasteiger partial charge on any atom is 0.244 e. The van der Waals surface area contributed by atoms with E-state index in [1.807, 2.05) is 31.2 Å². The second-order valence-corrected chi connectivity index (χ2v) is 6.70. The van der Waals surface area contributed by atoms with Crippen molar-refractivity contribution in [2.24, 2.45) is 5.10 Å². The van der Waals surface area contributed by atoms with Crippen LogP contribution in [-0.2, 0) is 0 Å². The first-order valence-electron chi connectivity index (χ1n) is 9.34. The Kier molecular flexibility index (Phi) is 5.57. The summed E-state index contributed by atoms with van der Waals surface area (Å²) in [7, 11) is 0. The third-order valence-corrected chi connectivity index (χ3v) is 4.56. The first-order chi connectivity index (χ1) is 14.6. The molecule has 0 fully saturated rings. The fourth-order valence-electron chi connectivity index (χ4n) is 2.93. The molecule has 0 saturated heterocycles. The van der Waals surface area contributed by atoms with Crippen molar-refractivity contribution in [3.8, 4) is 22.5 Å². The second-order valence-electron chi connectivity index (χ2n) is 6.70. The number of anilines is 1. The van der Waals surface area contributed by atoms with Gasteiger partial charge < -0.3 is 0 Å². The molecule has 1 N–H and O–H groups in total. The molecule has 0 bridgehead atoms. The van der Waals surface area contributed by atoms with Gasteiger partial charge in [-0.2, -0.15) is 5.10 Å². The van der Waals surface area contributed by atoms with Crippen LogP contribution in [0.5, 0.6) is 0 Å². The molecule has 0 aliphatic carbocycles. The van der Waals surface area contributed by atoms with Crippen LogP contribution in [-0.4, -0.2) is 16.2 Å². The Morgan fingerprint density at radius 3 is 1.83 bits per heavy atom. The number of hydrazone groups is 1. The van der Waals surface area contributed by atoms with Crippen LogP contribution < -0.4 is 5.43 Å². The molecule has 1 heterocycles. The van der Waals surface area contributed by atoms with Crippen LogP contribution in [0.2, 0.25) is 0 Å². The van der Waals surface area contributed by atoms with Gasteiger partial charge in [-0.25, -0.2) is 24.2 Å². The summed E-state index contributed by atoms with van der Waals surface area (Å²) in [4.78, 5) is 8.99. The highest BCUT2D eigenvalue weighted by atomic mass is 19.1. The van der Waals surface area contributed by atoms with Crippen LogP contribution in [0.25, 0.3) is 22.5 Å². The Balaban J connectivity index is 1.70. The highest BCUT2D eigenvalue weighted by Crippen LogP contribution is 2.25. The lowest BCUT2D eigenvalue weighted by molar-refractivity contribution is 0.627. The van der Waals surface area contributed by atoms with Crippen molar-refractivity contribution in [2.45, 2.75) is 6.92 Å². The molecule has 0 amide bonds. The fourth-order valence-corrected chi connectivity index (χ4v) is 2.93. The molecule has 148 valence electrons. The zero-order valence-electron chi connectivity index (χ0n) is 16.2. The Morgan fingerprint density at radius 2 is 1.30 bits per heavy atom. The Labute approximate surface area is 173 Å². The molecule has 0 radical (unpaired) electrons. The van der Waals surface area contributed by atoms with E-state index in [4.69, 9.17) is 0 Å². The number of aromatic nitrogens is 2. The van der Waals surface area contributed by atoms with Gasteiger partial charge in [0.2, 0.25) is 5.95 Å². The maximum absolute atomic E-state index is 13.3. The smallest absolute Gasteiger partial charge is 0.244 e. The predicted octanol–water partition coefficient (Wildman–Crippen LogP) is 5.84. The van der Waals surface area contributed by atoms with Gasteiger partial charge in [-0.15, -0.1) is 0 Å². The summed E-state index contributed by atoms with van der Waals surface area (Å²) >= 11 is 0. The molecule has 0 aliphatic heterocycles. The second kappa shape index (κ2) is 8.61. The van der Waals surface area contributed by atoms with Crippen molar-refractivity contribution in [3.05, 3.63) is 102 Å². The zero-order valence-corrected chi connectivity index (χ0v) is 16.2. The van der Waals surface area contributed by atoms with Gasteiger partial charge in [-0.05, 0) is 72.6 Å². The lowest BCUT2D eigenvalue weighted by Crippen LogP contribution is -2.00. The zero-order chi connectivity index (χ0) is 20.9. The average molecular weight is 400 g/mol. The monoisotopic (exact) mass is 400 g/mol. The van der Waals surface area contributed by atoms with Crippen molar-refractivity contribution in [1.29, 1.82) is 0 Å². The number of rotatable bonds is 5. The van der Waals surface area contributed by atoms with E-state index in [9.17, 15) is 8.78 Å². The number of nitrogens with zero attached hydrogens (tertiary/aromatic N) is 3. The topological polar surface area (TPSA) is 50.2 Å². The van der Waals surface area contributed by atoms with E-state index in [-0.39, 0.29) is 17.6 Å². The molecule has 4 aromatic rings. The Bertz CT molecular complexity index is 1120. The Morgan fingerprint density at radius 1 is 0.767 bits per heavy atom. The minimum atomic E-state index is -0.326. The van der Waals surface area contributed by atoms with Crippen molar-refractivity contribution in [3.63, 3.8) is 0 Å². The summed E-state index contributed by atoms with van der Waals surface area (Å²) in [5.41, 5.74) is 7.58. The van der Waals surface area contributed by atoms with E-state index in [1.54, 1.807) is 36.5 Å². The summed E-state index contributed by atoms with van der Waals surface area (Å²) in [5.74, 6) is -0.374. The maximum atomic E-state index is 13.3. The van der Waals surface area contributed by atoms with Gasteiger partial charge in [-0.3, -0.25) is 0 Å². The molecule has 0 spiro atoms. The summed E-state index contributed by atoms with van der Waals surface area (Å²) < 4.78 is 26.6. The van der Waals surface area contributed by atoms with E-state index in [1.165, 1.54) is 24.3 Å². The third kappa shape index (κ3) is 4.55. The van der Waals surface area contributed by atoms with Crippen LogP contribution in [0.15, 0.2) is 84.0 Å². The van der Waals surface area contributed by atoms with Gasteiger partial charge >= 0.3 is 0 Å². The number of hydrogen-bond donors (Lipinski definition) is 1. The molecule has 30 heavy (non-hydrogen) atoms. The third-order valence-electron chi connectivity index (χ3n) is 4.56. The highest BCUT2D eigenvalue weighted by molar-refractivity contribution is 5.82. The molecule has 4 nitrogen and oxygen atoms in total. The minimum absolute atomic E-state index is 0.279. The molecule has 0 aliphatic rings. The summed E-state index contributed by atoms with van der Waals surface area (Å²) in [6.07, 6.45) is 1.70. The number of hydrogen-bond acceptors (Lipinski definition) is 4. The van der Waals surface area contributed by atoms with Crippen molar-refractivity contribution < 1.29 is 8.78 Å². The van der Waals surface area contributed by atoms with Crippen LogP contribution in [0.1, 0.15) is 11.1 Å². The quantitative estimate of drug-likeness (QED) is 0.338. The molecule has 4 rings (SSSR count). The molecule has 3 aromatic carbocycles. The molecule has 1 aromatic heterocycles. The Hall–Kier alpha value is -3.93. The first kappa shape index (κ1) is 19.4. The first-order valence-corrected chi connectivity index (χ1v) is 9.34. The number of aryl methyl sites for hydroxylation is 1. The van der Waals surface area contributed by atoms with E-state index in [0.717, 1.165) is 22.3 Å². The van der Waals surface area contributed by atoms with E-state index >= 15 is 0 Å². The molecule has 0 saturated carbocycles. The van der Waals surface area contributed by atoms with Crippen LogP contribution in [0.3, 0.4) is 0 Å². The molecular weight excluding hydrogens is 382 g/mol. The molecular formula is C24H18F2N4. The van der Waals surface area contributed by atoms with Gasteiger partial charge in [-0.1, -0.05) is 24.3 Å². The van der Waals surface area contributed by atoms with Gasteiger partial charge in [0.1, 0.15) is 11.6 Å².